The Hall–Kier alpha value is -2.15. The summed E-state index contributed by atoms with van der Waals surface area (Å²) in [6.07, 6.45) is 2.13. The van der Waals surface area contributed by atoms with Gasteiger partial charge >= 0.3 is 0 Å². The first kappa shape index (κ1) is 19.2. The number of nitrogens with one attached hydrogen (secondary N) is 2. The third-order valence-corrected chi connectivity index (χ3v) is 6.12. The average molecular weight is 417 g/mol. The van der Waals surface area contributed by atoms with Gasteiger partial charge < -0.3 is 19.8 Å². The van der Waals surface area contributed by atoms with Crippen LogP contribution in [0.4, 0.5) is 0 Å². The highest BCUT2D eigenvalue weighted by molar-refractivity contribution is 7.99. The standard InChI is InChI=1S/C21H21ClN2O3S/c1-26-14-6-9-17-18(11-14)24-19(21(25)23-12-15-3-2-10-27-15)20(17)28-16-7-4-13(22)5-8-16/h4-9,11,15,24H,2-3,10,12H2,1H3,(H,23,25)/t15-/m0/s1. The summed E-state index contributed by atoms with van der Waals surface area (Å²) in [4.78, 5) is 18.1. The van der Waals surface area contributed by atoms with E-state index in [2.05, 4.69) is 10.3 Å². The number of benzene rings is 2. The molecule has 0 unspecified atom stereocenters. The molecule has 146 valence electrons. The molecule has 0 aliphatic carbocycles. The molecule has 1 atom stereocenters. The molecule has 1 saturated heterocycles. The minimum absolute atomic E-state index is 0.0980. The average Bonchev–Trinajstić information content (AvgIpc) is 3.35. The second kappa shape index (κ2) is 8.47. The zero-order chi connectivity index (χ0) is 19.5. The molecule has 1 aliphatic rings. The summed E-state index contributed by atoms with van der Waals surface area (Å²) in [6, 6.07) is 13.4. The van der Waals surface area contributed by atoms with E-state index in [0.29, 0.717) is 17.3 Å². The van der Waals surface area contributed by atoms with Crippen molar-refractivity contribution in [2.75, 3.05) is 20.3 Å². The number of rotatable bonds is 6. The number of ether oxygens (including phenoxy) is 2. The SMILES string of the molecule is COc1ccc2c(Sc3ccc(Cl)cc3)c(C(=O)NC[C@@H]3CCCO3)[nH]c2c1. The Morgan fingerprint density at radius 3 is 2.86 bits per heavy atom. The lowest BCUT2D eigenvalue weighted by Gasteiger charge is -2.11. The van der Waals surface area contributed by atoms with Crippen LogP contribution in [0.25, 0.3) is 10.9 Å². The first-order chi connectivity index (χ1) is 13.6. The van der Waals surface area contributed by atoms with E-state index in [0.717, 1.165) is 45.9 Å². The summed E-state index contributed by atoms with van der Waals surface area (Å²) in [7, 11) is 1.63. The van der Waals surface area contributed by atoms with Crippen LogP contribution in [-0.4, -0.2) is 37.3 Å². The maximum absolute atomic E-state index is 12.9. The Labute approximate surface area is 172 Å². The second-order valence-corrected chi connectivity index (χ2v) is 8.16. The van der Waals surface area contributed by atoms with Crippen LogP contribution in [0.1, 0.15) is 23.3 Å². The van der Waals surface area contributed by atoms with Gasteiger partial charge in [0.05, 0.1) is 23.6 Å². The van der Waals surface area contributed by atoms with Crippen molar-refractivity contribution in [2.45, 2.75) is 28.7 Å². The minimum atomic E-state index is -0.137. The van der Waals surface area contributed by atoms with Gasteiger partial charge in [-0.1, -0.05) is 23.4 Å². The highest BCUT2D eigenvalue weighted by atomic mass is 35.5. The summed E-state index contributed by atoms with van der Waals surface area (Å²) in [5, 5.41) is 4.66. The molecule has 1 amide bonds. The van der Waals surface area contributed by atoms with Crippen LogP contribution in [0.3, 0.4) is 0 Å². The molecule has 0 spiro atoms. The predicted molar refractivity (Wildman–Crippen MR) is 112 cm³/mol. The van der Waals surface area contributed by atoms with Gasteiger partial charge in [0.15, 0.2) is 0 Å². The van der Waals surface area contributed by atoms with Gasteiger partial charge in [-0.3, -0.25) is 4.79 Å². The zero-order valence-electron chi connectivity index (χ0n) is 15.5. The smallest absolute Gasteiger partial charge is 0.269 e. The van der Waals surface area contributed by atoms with Crippen molar-refractivity contribution in [2.24, 2.45) is 0 Å². The van der Waals surface area contributed by atoms with Gasteiger partial charge in [-0.25, -0.2) is 0 Å². The number of fused-ring (bicyclic) bond motifs is 1. The fraction of sp³-hybridized carbons (Fsp3) is 0.286. The summed E-state index contributed by atoms with van der Waals surface area (Å²) in [6.45, 7) is 1.28. The number of aromatic nitrogens is 1. The van der Waals surface area contributed by atoms with Gasteiger partial charge in [0, 0.05) is 34.5 Å². The van der Waals surface area contributed by atoms with Crippen LogP contribution in [0, 0.1) is 0 Å². The van der Waals surface area contributed by atoms with Crippen LogP contribution in [-0.2, 0) is 4.74 Å². The van der Waals surface area contributed by atoms with Gasteiger partial charge in [-0.15, -0.1) is 0 Å². The molecule has 0 radical (unpaired) electrons. The van der Waals surface area contributed by atoms with Gasteiger partial charge in [0.25, 0.3) is 5.91 Å². The van der Waals surface area contributed by atoms with E-state index in [1.165, 1.54) is 11.8 Å². The van der Waals surface area contributed by atoms with Crippen molar-refractivity contribution < 1.29 is 14.3 Å². The first-order valence-electron chi connectivity index (χ1n) is 9.17. The minimum Gasteiger partial charge on any atom is -0.497 e. The van der Waals surface area contributed by atoms with Crippen molar-refractivity contribution in [3.63, 3.8) is 0 Å². The van der Waals surface area contributed by atoms with Crippen LogP contribution >= 0.6 is 23.4 Å². The maximum atomic E-state index is 12.9. The van der Waals surface area contributed by atoms with Crippen LogP contribution in [0.5, 0.6) is 5.75 Å². The zero-order valence-corrected chi connectivity index (χ0v) is 17.0. The van der Waals surface area contributed by atoms with Gasteiger partial charge in [0.1, 0.15) is 11.4 Å². The second-order valence-electron chi connectivity index (χ2n) is 6.64. The quantitative estimate of drug-likeness (QED) is 0.600. The van der Waals surface area contributed by atoms with Crippen molar-refractivity contribution >= 4 is 40.2 Å². The van der Waals surface area contributed by atoms with Crippen LogP contribution in [0.15, 0.2) is 52.3 Å². The number of carbonyl (C=O) groups is 1. The lowest BCUT2D eigenvalue weighted by molar-refractivity contribution is 0.0852. The molecule has 0 bridgehead atoms. The van der Waals surface area contributed by atoms with E-state index >= 15 is 0 Å². The molecule has 2 heterocycles. The number of H-pyrrole nitrogens is 1. The topological polar surface area (TPSA) is 63.4 Å². The highest BCUT2D eigenvalue weighted by Gasteiger charge is 2.22. The Balaban J connectivity index is 1.66. The third-order valence-electron chi connectivity index (χ3n) is 4.73. The highest BCUT2D eigenvalue weighted by Crippen LogP contribution is 2.38. The van der Waals surface area contributed by atoms with Crippen molar-refractivity contribution in [1.82, 2.24) is 10.3 Å². The van der Waals surface area contributed by atoms with Crippen molar-refractivity contribution in [3.8, 4) is 5.75 Å². The summed E-state index contributed by atoms with van der Waals surface area (Å²) in [5.74, 6) is 0.602. The Morgan fingerprint density at radius 1 is 1.32 bits per heavy atom. The van der Waals surface area contributed by atoms with Crippen LogP contribution < -0.4 is 10.1 Å². The fourth-order valence-corrected chi connectivity index (χ4v) is 4.43. The van der Waals surface area contributed by atoms with Gasteiger partial charge in [-0.05, 0) is 49.2 Å². The molecule has 28 heavy (non-hydrogen) atoms. The van der Waals surface area contributed by atoms with E-state index in [-0.39, 0.29) is 12.0 Å². The lowest BCUT2D eigenvalue weighted by Crippen LogP contribution is -2.32. The number of hydrogen-bond donors (Lipinski definition) is 2. The largest absolute Gasteiger partial charge is 0.497 e. The summed E-state index contributed by atoms with van der Waals surface area (Å²) in [5.41, 5.74) is 1.40. The van der Waals surface area contributed by atoms with Crippen LogP contribution in [0.2, 0.25) is 5.02 Å². The first-order valence-corrected chi connectivity index (χ1v) is 10.4. The lowest BCUT2D eigenvalue weighted by atomic mass is 10.2. The summed E-state index contributed by atoms with van der Waals surface area (Å²) >= 11 is 7.54. The Kier molecular flexibility index (Phi) is 5.80. The maximum Gasteiger partial charge on any atom is 0.269 e. The fourth-order valence-electron chi connectivity index (χ4n) is 3.26. The van der Waals surface area contributed by atoms with Crippen molar-refractivity contribution in [3.05, 3.63) is 53.2 Å². The van der Waals surface area contributed by atoms with Gasteiger partial charge in [-0.2, -0.15) is 0 Å². The molecule has 7 heteroatoms. The third kappa shape index (κ3) is 4.14. The van der Waals surface area contributed by atoms with E-state index < -0.39 is 0 Å². The Morgan fingerprint density at radius 2 is 2.14 bits per heavy atom. The monoisotopic (exact) mass is 416 g/mol. The van der Waals surface area contributed by atoms with Crippen molar-refractivity contribution in [1.29, 1.82) is 0 Å². The number of methoxy groups -OCH3 is 1. The van der Waals surface area contributed by atoms with E-state index in [9.17, 15) is 4.79 Å². The Bertz CT molecular complexity index is 981. The molecule has 1 aromatic heterocycles. The molecule has 1 fully saturated rings. The molecule has 2 aromatic carbocycles. The van der Waals surface area contributed by atoms with E-state index in [4.69, 9.17) is 21.1 Å². The molecule has 3 aromatic rings. The number of halogens is 1. The summed E-state index contributed by atoms with van der Waals surface area (Å²) < 4.78 is 10.9. The molecule has 4 rings (SSSR count). The molecular weight excluding hydrogens is 396 g/mol. The number of carbonyl (C=O) groups excluding carboxylic acids is 1. The number of hydrogen-bond acceptors (Lipinski definition) is 4. The molecular formula is C21H21ClN2O3S. The normalized spacial score (nSPS) is 16.4. The number of amides is 1. The van der Waals surface area contributed by atoms with E-state index in [1.807, 2.05) is 42.5 Å². The van der Waals surface area contributed by atoms with Gasteiger partial charge in [0.2, 0.25) is 0 Å². The molecule has 5 nitrogen and oxygen atoms in total. The predicted octanol–water partition coefficient (Wildman–Crippen LogP) is 4.89. The molecule has 2 N–H and O–H groups in total. The number of aromatic amines is 1. The molecule has 0 saturated carbocycles. The molecule has 1 aliphatic heterocycles. The van der Waals surface area contributed by atoms with E-state index in [1.54, 1.807) is 7.11 Å².